The summed E-state index contributed by atoms with van der Waals surface area (Å²) in [7, 11) is 0. The molecule has 1 heterocycles. The lowest BCUT2D eigenvalue weighted by atomic mass is 10.0. The van der Waals surface area contributed by atoms with Gasteiger partial charge in [0.15, 0.2) is 5.82 Å². The highest BCUT2D eigenvalue weighted by Gasteiger charge is 2.17. The molecule has 1 aromatic rings. The molecule has 19 heavy (non-hydrogen) atoms. The quantitative estimate of drug-likeness (QED) is 0.825. The van der Waals surface area contributed by atoms with Gasteiger partial charge in [-0.25, -0.2) is 4.98 Å². The third kappa shape index (κ3) is 4.35. The molecule has 1 aromatic heterocycles. The van der Waals surface area contributed by atoms with E-state index in [2.05, 4.69) is 17.2 Å². The molecule has 0 bridgehead atoms. The van der Waals surface area contributed by atoms with Crippen molar-refractivity contribution < 1.29 is 5.11 Å². The molecule has 5 heteroatoms. The molecule has 0 spiro atoms. The minimum atomic E-state index is -0.258. The minimum Gasteiger partial charge on any atom is -0.396 e. The Hall–Kier alpha value is -1.36. The smallest absolute Gasteiger partial charge is 0.293 e. The summed E-state index contributed by atoms with van der Waals surface area (Å²) in [5.74, 6) is 0.739. The number of aromatic nitrogens is 2. The zero-order valence-corrected chi connectivity index (χ0v) is 12.3. The standard InChI is InChI=1S/C14H25N3O2/c1-5-11(6-9-18)10-16-12-13(19)17(8-7-15-12)14(2,3)4/h7-8,11,18H,5-6,9-10H2,1-4H3,(H,15,16). The lowest BCUT2D eigenvalue weighted by molar-refractivity contribution is 0.258. The van der Waals surface area contributed by atoms with Crippen LogP contribution in [-0.4, -0.2) is 27.8 Å². The molecule has 5 nitrogen and oxygen atoms in total. The summed E-state index contributed by atoms with van der Waals surface area (Å²) in [5.41, 5.74) is -0.361. The summed E-state index contributed by atoms with van der Waals surface area (Å²) in [5, 5.41) is 12.1. The van der Waals surface area contributed by atoms with Crippen LogP contribution in [0.15, 0.2) is 17.2 Å². The van der Waals surface area contributed by atoms with Gasteiger partial charge in [0, 0.05) is 31.1 Å². The van der Waals surface area contributed by atoms with Gasteiger partial charge in [-0.2, -0.15) is 0 Å². The van der Waals surface area contributed by atoms with Crippen LogP contribution in [0.5, 0.6) is 0 Å². The number of hydrogen-bond donors (Lipinski definition) is 2. The van der Waals surface area contributed by atoms with Crippen molar-refractivity contribution in [2.75, 3.05) is 18.5 Å². The lowest BCUT2D eigenvalue weighted by Crippen LogP contribution is -2.35. The first-order chi connectivity index (χ1) is 8.90. The Balaban J connectivity index is 2.83. The first-order valence-electron chi connectivity index (χ1n) is 6.83. The largest absolute Gasteiger partial charge is 0.396 e. The first-order valence-corrected chi connectivity index (χ1v) is 6.83. The van der Waals surface area contributed by atoms with Crippen LogP contribution >= 0.6 is 0 Å². The van der Waals surface area contributed by atoms with Gasteiger partial charge in [0.05, 0.1) is 0 Å². The number of anilines is 1. The fourth-order valence-corrected chi connectivity index (χ4v) is 1.94. The average molecular weight is 267 g/mol. The fraction of sp³-hybridized carbons (Fsp3) is 0.714. The third-order valence-corrected chi connectivity index (χ3v) is 3.24. The second kappa shape index (κ2) is 6.70. The Kier molecular flexibility index (Phi) is 5.54. The molecule has 1 unspecified atom stereocenters. The minimum absolute atomic E-state index is 0.103. The van der Waals surface area contributed by atoms with Crippen molar-refractivity contribution >= 4 is 5.82 Å². The normalized spacial score (nSPS) is 13.3. The van der Waals surface area contributed by atoms with E-state index in [1.165, 1.54) is 0 Å². The number of nitrogens with one attached hydrogen (secondary N) is 1. The van der Waals surface area contributed by atoms with E-state index in [-0.39, 0.29) is 17.7 Å². The third-order valence-electron chi connectivity index (χ3n) is 3.24. The number of hydrogen-bond acceptors (Lipinski definition) is 4. The van der Waals surface area contributed by atoms with E-state index < -0.39 is 0 Å². The van der Waals surface area contributed by atoms with Crippen molar-refractivity contribution in [2.24, 2.45) is 5.92 Å². The van der Waals surface area contributed by atoms with E-state index in [0.29, 0.717) is 18.3 Å². The zero-order valence-electron chi connectivity index (χ0n) is 12.3. The van der Waals surface area contributed by atoms with E-state index in [4.69, 9.17) is 5.11 Å². The van der Waals surface area contributed by atoms with Crippen molar-refractivity contribution in [3.8, 4) is 0 Å². The molecule has 0 aliphatic heterocycles. The van der Waals surface area contributed by atoms with Crippen LogP contribution in [0.2, 0.25) is 0 Å². The van der Waals surface area contributed by atoms with Crippen LogP contribution < -0.4 is 10.9 Å². The van der Waals surface area contributed by atoms with Crippen LogP contribution in [0.3, 0.4) is 0 Å². The van der Waals surface area contributed by atoms with E-state index in [9.17, 15) is 4.79 Å². The van der Waals surface area contributed by atoms with Crippen molar-refractivity contribution in [3.05, 3.63) is 22.7 Å². The zero-order chi connectivity index (χ0) is 14.5. The molecule has 1 atom stereocenters. The molecule has 0 amide bonds. The van der Waals surface area contributed by atoms with E-state index in [1.807, 2.05) is 20.8 Å². The van der Waals surface area contributed by atoms with Gasteiger partial charge >= 0.3 is 0 Å². The Labute approximate surface area is 114 Å². The maximum atomic E-state index is 12.3. The molecule has 2 N–H and O–H groups in total. The van der Waals surface area contributed by atoms with Crippen LogP contribution in [0.1, 0.15) is 40.5 Å². The summed E-state index contributed by atoms with van der Waals surface area (Å²) in [6, 6.07) is 0. The molecule has 0 aromatic carbocycles. The second-order valence-corrected chi connectivity index (χ2v) is 5.79. The SMILES string of the molecule is CCC(CCO)CNc1nccn(C(C)(C)C)c1=O. The van der Waals surface area contributed by atoms with Gasteiger partial charge in [-0.1, -0.05) is 13.3 Å². The Morgan fingerprint density at radius 1 is 1.47 bits per heavy atom. The summed E-state index contributed by atoms with van der Waals surface area (Å²) in [4.78, 5) is 16.4. The van der Waals surface area contributed by atoms with Crippen LogP contribution in [-0.2, 0) is 5.54 Å². The van der Waals surface area contributed by atoms with Crippen LogP contribution in [0.4, 0.5) is 5.82 Å². The van der Waals surface area contributed by atoms with E-state index in [1.54, 1.807) is 17.0 Å². The van der Waals surface area contributed by atoms with Gasteiger partial charge < -0.3 is 15.0 Å². The van der Waals surface area contributed by atoms with Gasteiger partial charge in [0.25, 0.3) is 5.56 Å². The highest BCUT2D eigenvalue weighted by molar-refractivity contribution is 5.31. The van der Waals surface area contributed by atoms with Crippen LogP contribution in [0, 0.1) is 5.92 Å². The molecule has 1 rings (SSSR count). The maximum absolute atomic E-state index is 12.3. The van der Waals surface area contributed by atoms with Gasteiger partial charge in [0.2, 0.25) is 0 Å². The van der Waals surface area contributed by atoms with E-state index >= 15 is 0 Å². The van der Waals surface area contributed by atoms with Gasteiger partial charge in [-0.3, -0.25) is 4.79 Å². The second-order valence-electron chi connectivity index (χ2n) is 5.79. The highest BCUT2D eigenvalue weighted by atomic mass is 16.3. The molecular formula is C14H25N3O2. The first kappa shape index (κ1) is 15.7. The van der Waals surface area contributed by atoms with Crippen molar-refractivity contribution in [1.82, 2.24) is 9.55 Å². The summed E-state index contributed by atoms with van der Waals surface area (Å²) in [6.07, 6.45) is 5.05. The molecule has 0 aliphatic carbocycles. The summed E-state index contributed by atoms with van der Waals surface area (Å²) < 4.78 is 1.68. The van der Waals surface area contributed by atoms with Gasteiger partial charge in [0.1, 0.15) is 0 Å². The maximum Gasteiger partial charge on any atom is 0.293 e. The lowest BCUT2D eigenvalue weighted by Gasteiger charge is -2.23. The van der Waals surface area contributed by atoms with Gasteiger partial charge in [-0.05, 0) is 33.1 Å². The molecule has 0 radical (unpaired) electrons. The molecule has 0 saturated carbocycles. The van der Waals surface area contributed by atoms with Crippen molar-refractivity contribution in [1.29, 1.82) is 0 Å². The highest BCUT2D eigenvalue weighted by Crippen LogP contribution is 2.12. The van der Waals surface area contributed by atoms with Gasteiger partial charge in [-0.15, -0.1) is 0 Å². The molecule has 0 aliphatic rings. The molecule has 0 fully saturated rings. The molecule has 0 saturated heterocycles. The molecular weight excluding hydrogens is 242 g/mol. The number of nitrogens with zero attached hydrogens (tertiary/aromatic N) is 2. The van der Waals surface area contributed by atoms with E-state index in [0.717, 1.165) is 12.8 Å². The predicted molar refractivity (Wildman–Crippen MR) is 77.5 cm³/mol. The monoisotopic (exact) mass is 267 g/mol. The van der Waals surface area contributed by atoms with Crippen molar-refractivity contribution in [3.63, 3.8) is 0 Å². The number of rotatable bonds is 6. The average Bonchev–Trinajstić information content (AvgIpc) is 2.34. The summed E-state index contributed by atoms with van der Waals surface area (Å²) >= 11 is 0. The Morgan fingerprint density at radius 2 is 2.16 bits per heavy atom. The number of aliphatic hydroxyl groups is 1. The fourth-order valence-electron chi connectivity index (χ4n) is 1.94. The Morgan fingerprint density at radius 3 is 2.68 bits per heavy atom. The topological polar surface area (TPSA) is 67.2 Å². The predicted octanol–water partition coefficient (Wildman–Crippen LogP) is 1.82. The summed E-state index contributed by atoms with van der Waals surface area (Å²) in [6.45, 7) is 8.87. The Bertz CT molecular complexity index is 449. The number of aliphatic hydroxyl groups excluding tert-OH is 1. The van der Waals surface area contributed by atoms with Crippen molar-refractivity contribution in [2.45, 2.75) is 46.1 Å². The van der Waals surface area contributed by atoms with Crippen LogP contribution in [0.25, 0.3) is 0 Å². The molecule has 108 valence electrons.